The van der Waals surface area contributed by atoms with Gasteiger partial charge in [0.05, 0.1) is 22.5 Å². The van der Waals surface area contributed by atoms with Crippen LogP contribution in [0.15, 0.2) is 113 Å². The summed E-state index contributed by atoms with van der Waals surface area (Å²) in [4.78, 5) is 0. The van der Waals surface area contributed by atoms with Gasteiger partial charge in [0.25, 0.3) is 0 Å². The number of rotatable bonds is 5. The molecule has 3 atom stereocenters. The molecular formula is C46H40N2O. The Bertz CT molecular complexity index is 2560. The van der Waals surface area contributed by atoms with Gasteiger partial charge >= 0.3 is 0 Å². The van der Waals surface area contributed by atoms with Crippen LogP contribution in [0.5, 0.6) is 0 Å². The largest absolute Gasteiger partial charge is 0.446 e. The lowest BCUT2D eigenvalue weighted by Crippen LogP contribution is -2.27. The van der Waals surface area contributed by atoms with E-state index in [2.05, 4.69) is 138 Å². The Morgan fingerprint density at radius 3 is 2.55 bits per heavy atom. The van der Waals surface area contributed by atoms with Gasteiger partial charge in [-0.05, 0) is 104 Å². The Kier molecular flexibility index (Phi) is 7.02. The average Bonchev–Trinajstić information content (AvgIpc) is 3.79. The smallest absolute Gasteiger partial charge is 0.185 e. The van der Waals surface area contributed by atoms with E-state index in [1.165, 1.54) is 38.6 Å². The first-order chi connectivity index (χ1) is 24.1. The first-order valence-corrected chi connectivity index (χ1v) is 17.8. The molecule has 0 fully saturated rings. The highest BCUT2D eigenvalue weighted by Gasteiger charge is 2.36. The van der Waals surface area contributed by atoms with Crippen LogP contribution in [0.2, 0.25) is 0 Å². The fourth-order valence-electron chi connectivity index (χ4n) is 9.05. The molecule has 3 nitrogen and oxygen atoms in total. The predicted octanol–water partition coefficient (Wildman–Crippen LogP) is 12.2. The molecule has 0 saturated carbocycles. The van der Waals surface area contributed by atoms with E-state index >= 15 is 0 Å². The van der Waals surface area contributed by atoms with E-state index in [4.69, 9.17) is 10.8 Å². The van der Waals surface area contributed by atoms with Crippen molar-refractivity contribution in [1.29, 1.82) is 0 Å². The van der Waals surface area contributed by atoms with E-state index in [9.17, 15) is 0 Å². The lowest BCUT2D eigenvalue weighted by Gasteiger charge is -2.38. The summed E-state index contributed by atoms with van der Waals surface area (Å²) in [5, 5.41) is 4.75. The first kappa shape index (κ1) is 29.7. The molecule has 0 amide bonds. The number of fused-ring (bicyclic) bond motifs is 8. The predicted molar refractivity (Wildman–Crippen MR) is 206 cm³/mol. The summed E-state index contributed by atoms with van der Waals surface area (Å²) < 4.78 is 11.6. The van der Waals surface area contributed by atoms with Crippen molar-refractivity contribution in [2.75, 3.05) is 0 Å². The van der Waals surface area contributed by atoms with Crippen LogP contribution in [-0.4, -0.2) is 9.13 Å². The molecule has 240 valence electrons. The zero-order valence-electron chi connectivity index (χ0n) is 28.4. The molecule has 9 rings (SSSR count). The molecule has 3 heteroatoms. The number of benzene rings is 4. The maximum Gasteiger partial charge on any atom is 0.185 e. The van der Waals surface area contributed by atoms with E-state index in [0.29, 0.717) is 17.6 Å². The third-order valence-electron chi connectivity index (χ3n) is 11.1. The molecule has 4 aromatic carbocycles. The molecule has 3 aromatic heterocycles. The highest BCUT2D eigenvalue weighted by Crippen LogP contribution is 2.49. The van der Waals surface area contributed by atoms with Gasteiger partial charge in [-0.15, -0.1) is 6.42 Å². The van der Waals surface area contributed by atoms with Crippen LogP contribution in [0, 0.1) is 18.3 Å². The second-order valence-corrected chi connectivity index (χ2v) is 13.8. The van der Waals surface area contributed by atoms with Gasteiger partial charge in [-0.1, -0.05) is 86.2 Å². The van der Waals surface area contributed by atoms with Crippen LogP contribution < -0.4 is 0 Å². The summed E-state index contributed by atoms with van der Waals surface area (Å²) in [6.07, 6.45) is 21.8. The van der Waals surface area contributed by atoms with Crippen LogP contribution in [0.25, 0.3) is 61.5 Å². The molecule has 2 aliphatic rings. The van der Waals surface area contributed by atoms with Crippen molar-refractivity contribution in [3.05, 3.63) is 137 Å². The number of aryl methyl sites for hydroxylation is 1. The van der Waals surface area contributed by atoms with Gasteiger partial charge in [-0.2, -0.15) is 0 Å². The Hall–Kier alpha value is -5.46. The van der Waals surface area contributed by atoms with E-state index in [-0.39, 0.29) is 6.04 Å². The van der Waals surface area contributed by atoms with E-state index < -0.39 is 0 Å². The highest BCUT2D eigenvalue weighted by molar-refractivity contribution is 6.21. The lowest BCUT2D eigenvalue weighted by atomic mass is 9.73. The number of terminal acetylenes is 1. The minimum Gasteiger partial charge on any atom is -0.446 e. The molecule has 0 radical (unpaired) electrons. The lowest BCUT2D eigenvalue weighted by molar-refractivity contribution is 0.343. The Labute approximate surface area is 287 Å². The molecule has 0 spiro atoms. The molecule has 0 bridgehead atoms. The summed E-state index contributed by atoms with van der Waals surface area (Å²) in [7, 11) is 0. The molecule has 0 aliphatic heterocycles. The maximum absolute atomic E-state index is 6.58. The van der Waals surface area contributed by atoms with E-state index in [1.807, 2.05) is 13.0 Å². The van der Waals surface area contributed by atoms with Gasteiger partial charge in [0.1, 0.15) is 5.58 Å². The molecule has 7 aromatic rings. The van der Waals surface area contributed by atoms with Crippen molar-refractivity contribution in [3.63, 3.8) is 0 Å². The summed E-state index contributed by atoms with van der Waals surface area (Å²) >= 11 is 0. The summed E-state index contributed by atoms with van der Waals surface area (Å²) in [5.41, 5.74) is 12.4. The third kappa shape index (κ3) is 4.44. The molecular weight excluding hydrogens is 597 g/mol. The van der Waals surface area contributed by atoms with Gasteiger partial charge in [0, 0.05) is 44.5 Å². The van der Waals surface area contributed by atoms with Gasteiger partial charge in [-0.25, -0.2) is 0 Å². The van der Waals surface area contributed by atoms with Crippen molar-refractivity contribution >= 4 is 55.8 Å². The molecule has 49 heavy (non-hydrogen) atoms. The second kappa shape index (κ2) is 11.6. The topological polar surface area (TPSA) is 23.0 Å². The molecule has 3 unspecified atom stereocenters. The number of allylic oxidation sites excluding steroid dienone is 4. The number of furan rings is 1. The quantitative estimate of drug-likeness (QED) is 0.136. The van der Waals surface area contributed by atoms with Crippen molar-refractivity contribution in [3.8, 4) is 18.0 Å². The number of para-hydroxylation sites is 2. The SMILES string of the molecule is C#Cc1oc2c(ccc3c2c2cc(C4C(C)CC(CC)=CC4n4c5c(c6ccccc64)CCC=C5)ccc2n3-c2ccccc2)c1/C=C\C. The highest BCUT2D eigenvalue weighted by atomic mass is 16.3. The molecule has 3 heterocycles. The molecule has 0 saturated heterocycles. The average molecular weight is 637 g/mol. The number of nitrogens with zero attached hydrogens (tertiary/aromatic N) is 2. The van der Waals surface area contributed by atoms with Gasteiger partial charge < -0.3 is 13.6 Å². The zero-order chi connectivity index (χ0) is 33.2. The first-order valence-electron chi connectivity index (χ1n) is 17.8. The monoisotopic (exact) mass is 636 g/mol. The van der Waals surface area contributed by atoms with Crippen molar-refractivity contribution in [2.24, 2.45) is 5.92 Å². The van der Waals surface area contributed by atoms with Crippen LogP contribution >= 0.6 is 0 Å². The fraction of sp³-hybridized carbons (Fsp3) is 0.217. The number of hydrogen-bond acceptors (Lipinski definition) is 1. The standard InChI is InChI=1S/C46H40N2O/c1-5-15-35-36-23-25-41-45(46(36)49-43(35)7-3)37-28-31(22-24-40(37)47(41)32-16-9-8-10-17-32)44-29(4)26-30(6-2)27-42(44)48-38-20-13-11-18-33(38)34-19-12-14-21-39(34)48/h3,5,8-11,13-18,20-25,27-29,42,44H,6,12,19,26H2,1-2,4H3/b15-5-. The van der Waals surface area contributed by atoms with Crippen LogP contribution in [0.1, 0.15) is 80.1 Å². The van der Waals surface area contributed by atoms with Gasteiger partial charge in [0.15, 0.2) is 5.76 Å². The fourth-order valence-corrected chi connectivity index (χ4v) is 9.05. The number of hydrogen-bond donors (Lipinski definition) is 0. The van der Waals surface area contributed by atoms with Crippen LogP contribution in [-0.2, 0) is 6.42 Å². The normalized spacial score (nSPS) is 19.3. The number of aromatic nitrogens is 2. The molecule has 0 N–H and O–H groups in total. The minimum absolute atomic E-state index is 0.202. The summed E-state index contributed by atoms with van der Waals surface area (Å²) in [6, 6.07) is 31.5. The Balaban J connectivity index is 1.34. The zero-order valence-corrected chi connectivity index (χ0v) is 28.4. The van der Waals surface area contributed by atoms with Crippen LogP contribution in [0.4, 0.5) is 0 Å². The maximum atomic E-state index is 6.58. The van der Waals surface area contributed by atoms with E-state index in [1.54, 1.807) is 5.57 Å². The Morgan fingerprint density at radius 1 is 0.918 bits per heavy atom. The molecule has 2 aliphatic carbocycles. The minimum atomic E-state index is 0.202. The summed E-state index contributed by atoms with van der Waals surface area (Å²) in [6.45, 7) is 6.79. The van der Waals surface area contributed by atoms with E-state index in [0.717, 1.165) is 58.8 Å². The van der Waals surface area contributed by atoms with Gasteiger partial charge in [0.2, 0.25) is 0 Å². The van der Waals surface area contributed by atoms with Gasteiger partial charge in [-0.3, -0.25) is 0 Å². The second-order valence-electron chi connectivity index (χ2n) is 13.8. The van der Waals surface area contributed by atoms with Crippen LogP contribution in [0.3, 0.4) is 0 Å². The van der Waals surface area contributed by atoms with Crippen molar-refractivity contribution < 1.29 is 4.42 Å². The third-order valence-corrected chi connectivity index (χ3v) is 11.1. The van der Waals surface area contributed by atoms with Crippen molar-refractivity contribution in [2.45, 2.75) is 58.4 Å². The van der Waals surface area contributed by atoms with Crippen molar-refractivity contribution in [1.82, 2.24) is 9.13 Å². The Morgan fingerprint density at radius 2 is 1.73 bits per heavy atom. The summed E-state index contributed by atoms with van der Waals surface area (Å²) in [5.74, 6) is 4.16.